The van der Waals surface area contributed by atoms with Crippen molar-refractivity contribution in [3.63, 3.8) is 0 Å². The Kier molecular flexibility index (Phi) is 9.79. The third kappa shape index (κ3) is 6.87. The Morgan fingerprint density at radius 3 is 2.58 bits per heavy atom. The topological polar surface area (TPSA) is 116 Å². The summed E-state index contributed by atoms with van der Waals surface area (Å²) in [6.45, 7) is 10.7. The Morgan fingerprint density at radius 2 is 1.88 bits per heavy atom. The molecule has 1 unspecified atom stereocenters. The van der Waals surface area contributed by atoms with E-state index < -0.39 is 34.4 Å². The molecule has 3 N–H and O–H groups in total. The summed E-state index contributed by atoms with van der Waals surface area (Å²) in [4.78, 5) is 17.9. The number of carbonyl (C=O) groups is 1. The van der Waals surface area contributed by atoms with E-state index in [0.717, 1.165) is 51.0 Å². The number of carbonyl (C=O) groups excluding carboxylic acids is 1. The number of hydrogen-bond acceptors (Lipinski definition) is 7. The SMILES string of the molecule is CCn1nnc2c(C)c([C@H](c3ccc(C)c(CN4CC(C)Cc5ccc(C(F)(F)F)cc5S4(O)O)c3)[C@@H](C)C(=O)Nc3cccnc3)ccc21. The Balaban J connectivity index is 1.42. The summed E-state index contributed by atoms with van der Waals surface area (Å²) in [6, 6.07) is 16.6. The van der Waals surface area contributed by atoms with Gasteiger partial charge >= 0.3 is 6.18 Å². The Hall–Kier alpha value is -4.30. The third-order valence-corrected chi connectivity index (χ3v) is 11.6. The molecule has 264 valence electrons. The van der Waals surface area contributed by atoms with Crippen LogP contribution in [-0.4, -0.2) is 45.8 Å². The van der Waals surface area contributed by atoms with Gasteiger partial charge in [0.1, 0.15) is 5.52 Å². The fourth-order valence-corrected chi connectivity index (χ4v) is 8.77. The van der Waals surface area contributed by atoms with Crippen molar-refractivity contribution in [2.75, 3.05) is 11.9 Å². The van der Waals surface area contributed by atoms with Crippen molar-refractivity contribution in [3.05, 3.63) is 112 Å². The molecule has 0 saturated carbocycles. The number of halogens is 3. The fraction of sp³-hybridized carbons (Fsp3) is 0.351. The van der Waals surface area contributed by atoms with E-state index in [1.807, 2.05) is 69.6 Å². The molecule has 9 nitrogen and oxygen atoms in total. The van der Waals surface area contributed by atoms with E-state index in [0.29, 0.717) is 24.2 Å². The summed E-state index contributed by atoms with van der Waals surface area (Å²) >= 11 is 0. The molecule has 0 fully saturated rings. The lowest BCUT2D eigenvalue weighted by Gasteiger charge is -2.43. The molecule has 0 bridgehead atoms. The van der Waals surface area contributed by atoms with Crippen molar-refractivity contribution in [1.82, 2.24) is 24.3 Å². The number of rotatable bonds is 8. The molecular formula is C37H41F3N6O3S. The maximum Gasteiger partial charge on any atom is 0.416 e. The highest BCUT2D eigenvalue weighted by atomic mass is 32.3. The molecule has 2 aromatic heterocycles. The van der Waals surface area contributed by atoms with Gasteiger partial charge in [-0.25, -0.2) is 4.68 Å². The van der Waals surface area contributed by atoms with Crippen LogP contribution in [-0.2, 0) is 30.5 Å². The number of nitrogens with zero attached hydrogens (tertiary/aromatic N) is 5. The van der Waals surface area contributed by atoms with Gasteiger partial charge in [0.05, 0.1) is 27.9 Å². The van der Waals surface area contributed by atoms with Crippen molar-refractivity contribution in [3.8, 4) is 0 Å². The van der Waals surface area contributed by atoms with Gasteiger partial charge in [0.15, 0.2) is 0 Å². The highest BCUT2D eigenvalue weighted by molar-refractivity contribution is 8.22. The number of hydrogen-bond donors (Lipinski definition) is 3. The van der Waals surface area contributed by atoms with E-state index in [1.165, 1.54) is 10.4 Å². The molecule has 0 radical (unpaired) electrons. The second-order valence-corrected chi connectivity index (χ2v) is 15.2. The lowest BCUT2D eigenvalue weighted by Crippen LogP contribution is -2.31. The molecule has 13 heteroatoms. The molecule has 3 aromatic carbocycles. The molecule has 3 atom stereocenters. The van der Waals surface area contributed by atoms with Gasteiger partial charge in [-0.2, -0.15) is 17.5 Å². The van der Waals surface area contributed by atoms with Gasteiger partial charge in [0, 0.05) is 37.7 Å². The number of nitrogens with one attached hydrogen (secondary N) is 1. The number of aromatic nitrogens is 4. The van der Waals surface area contributed by atoms with Gasteiger partial charge in [0.25, 0.3) is 0 Å². The monoisotopic (exact) mass is 706 g/mol. The van der Waals surface area contributed by atoms with Gasteiger partial charge in [-0.1, -0.05) is 49.4 Å². The third-order valence-electron chi connectivity index (χ3n) is 9.67. The van der Waals surface area contributed by atoms with Crippen molar-refractivity contribution >= 4 is 33.4 Å². The summed E-state index contributed by atoms with van der Waals surface area (Å²) in [7, 11) is -3.79. The van der Waals surface area contributed by atoms with Gasteiger partial charge in [0.2, 0.25) is 5.91 Å². The molecule has 3 heterocycles. The van der Waals surface area contributed by atoms with Crippen LogP contribution in [0.3, 0.4) is 0 Å². The van der Waals surface area contributed by atoms with E-state index in [2.05, 4.69) is 20.6 Å². The molecule has 0 saturated heterocycles. The minimum atomic E-state index is -4.63. The van der Waals surface area contributed by atoms with Crippen LogP contribution in [0.25, 0.3) is 11.0 Å². The second kappa shape index (κ2) is 13.8. The summed E-state index contributed by atoms with van der Waals surface area (Å²) in [5.41, 5.74) is 6.03. The first-order chi connectivity index (χ1) is 23.7. The zero-order chi connectivity index (χ0) is 36.0. The van der Waals surface area contributed by atoms with Gasteiger partial charge in [-0.15, -0.1) is 15.9 Å². The van der Waals surface area contributed by atoms with Crippen molar-refractivity contribution in [2.45, 2.75) is 71.1 Å². The number of amides is 1. The molecule has 50 heavy (non-hydrogen) atoms. The van der Waals surface area contributed by atoms with Crippen LogP contribution in [0.15, 0.2) is 78.0 Å². The average Bonchev–Trinajstić information content (AvgIpc) is 3.47. The van der Waals surface area contributed by atoms with E-state index >= 15 is 0 Å². The number of alkyl halides is 3. The summed E-state index contributed by atoms with van der Waals surface area (Å²) < 4.78 is 67.8. The van der Waals surface area contributed by atoms with E-state index in [9.17, 15) is 27.1 Å². The molecule has 0 spiro atoms. The number of benzene rings is 3. The first-order valence-electron chi connectivity index (χ1n) is 16.6. The maximum absolute atomic E-state index is 13.8. The predicted octanol–water partition coefficient (Wildman–Crippen LogP) is 8.61. The maximum atomic E-state index is 13.8. The lowest BCUT2D eigenvalue weighted by atomic mass is 9.78. The van der Waals surface area contributed by atoms with Gasteiger partial charge in [-0.3, -0.25) is 18.9 Å². The van der Waals surface area contributed by atoms with Crippen LogP contribution in [0.2, 0.25) is 0 Å². The fourth-order valence-electron chi connectivity index (χ4n) is 6.92. The van der Waals surface area contributed by atoms with Crippen LogP contribution >= 0.6 is 10.8 Å². The molecule has 6 rings (SSSR count). The number of fused-ring (bicyclic) bond motifs is 2. The van der Waals surface area contributed by atoms with E-state index in [1.54, 1.807) is 24.5 Å². The highest BCUT2D eigenvalue weighted by Gasteiger charge is 2.38. The van der Waals surface area contributed by atoms with Crippen molar-refractivity contribution in [1.29, 1.82) is 0 Å². The van der Waals surface area contributed by atoms with Crippen LogP contribution < -0.4 is 5.32 Å². The van der Waals surface area contributed by atoms with E-state index in [4.69, 9.17) is 0 Å². The predicted molar refractivity (Wildman–Crippen MR) is 189 cm³/mol. The summed E-state index contributed by atoms with van der Waals surface area (Å²) in [5.74, 6) is -1.29. The Labute approximate surface area is 291 Å². The Morgan fingerprint density at radius 1 is 1.10 bits per heavy atom. The van der Waals surface area contributed by atoms with Crippen LogP contribution in [0, 0.1) is 25.7 Å². The normalized spacial score (nSPS) is 18.2. The van der Waals surface area contributed by atoms with Gasteiger partial charge in [-0.05, 0) is 96.8 Å². The van der Waals surface area contributed by atoms with Gasteiger partial charge < -0.3 is 5.32 Å². The minimum Gasteiger partial charge on any atom is -0.324 e. The zero-order valence-electron chi connectivity index (χ0n) is 28.6. The smallest absolute Gasteiger partial charge is 0.324 e. The zero-order valence-corrected chi connectivity index (χ0v) is 29.4. The lowest BCUT2D eigenvalue weighted by molar-refractivity contribution is -0.137. The second-order valence-electron chi connectivity index (χ2n) is 13.2. The van der Waals surface area contributed by atoms with Crippen LogP contribution in [0.1, 0.15) is 65.6 Å². The molecular weight excluding hydrogens is 666 g/mol. The molecule has 5 aromatic rings. The number of pyridine rings is 1. The van der Waals surface area contributed by atoms with Crippen molar-refractivity contribution < 1.29 is 27.1 Å². The average molecular weight is 707 g/mol. The number of aryl methyl sites for hydroxylation is 3. The Bertz CT molecular complexity index is 2030. The summed E-state index contributed by atoms with van der Waals surface area (Å²) in [6.07, 6.45) is -1.000. The molecule has 0 aliphatic carbocycles. The largest absolute Gasteiger partial charge is 0.416 e. The molecule has 1 aliphatic heterocycles. The molecule has 1 amide bonds. The quantitative estimate of drug-likeness (QED) is 0.148. The highest BCUT2D eigenvalue weighted by Crippen LogP contribution is 2.57. The first kappa shape index (κ1) is 35.5. The van der Waals surface area contributed by atoms with Crippen LogP contribution in [0.5, 0.6) is 0 Å². The first-order valence-corrected chi connectivity index (χ1v) is 18.1. The standard InChI is InChI=1S/C37H41F3N6O3S/c1-6-46-32-14-13-31(24(4)35(32)43-44-46)34(25(5)36(47)42-30-8-7-15-41-19-30)27-10-9-23(3)28(17-27)21-45-20-22(2)16-26-11-12-29(37(38,39)40)18-33(26)50(45,48)49/h7-15,17-19,22,25,34,48-49H,6,16,20-21H2,1-5H3,(H,42,47)/t22?,25-,34+/m1/s1. The van der Waals surface area contributed by atoms with Crippen LogP contribution in [0.4, 0.5) is 18.9 Å². The number of anilines is 1. The minimum absolute atomic E-state index is 0.0579. The molecule has 1 aliphatic rings. The summed E-state index contributed by atoms with van der Waals surface area (Å²) in [5, 5.41) is 11.7. The van der Waals surface area contributed by atoms with E-state index in [-0.39, 0.29) is 29.8 Å². The van der Waals surface area contributed by atoms with Crippen molar-refractivity contribution in [2.24, 2.45) is 11.8 Å².